The largest absolute Gasteiger partial charge is 0.348 e. The highest BCUT2D eigenvalue weighted by molar-refractivity contribution is 7.73. The van der Waals surface area contributed by atoms with Gasteiger partial charge in [0, 0.05) is 22.2 Å². The van der Waals surface area contributed by atoms with E-state index in [9.17, 15) is 0 Å². The first kappa shape index (κ1) is 26.5. The third kappa shape index (κ3) is 3.96. The van der Waals surface area contributed by atoms with Crippen LogP contribution in [0.15, 0.2) is 47.6 Å². The van der Waals surface area contributed by atoms with Crippen molar-refractivity contribution in [3.8, 4) is 0 Å². The van der Waals surface area contributed by atoms with Crippen LogP contribution in [0.1, 0.15) is 111 Å². The van der Waals surface area contributed by atoms with Crippen molar-refractivity contribution in [2.45, 2.75) is 128 Å². The average molecular weight is 509 g/mol. The highest BCUT2D eigenvalue weighted by Crippen LogP contribution is 2.70. The zero-order valence-corrected chi connectivity index (χ0v) is 24.6. The summed E-state index contributed by atoms with van der Waals surface area (Å²) >= 11 is 0. The van der Waals surface area contributed by atoms with Crippen molar-refractivity contribution in [2.24, 2.45) is 17.8 Å². The Morgan fingerprint density at radius 3 is 1.86 bits per heavy atom. The fourth-order valence-corrected chi connectivity index (χ4v) is 12.5. The molecule has 2 nitrogen and oxygen atoms in total. The molecule has 0 N–H and O–H groups in total. The number of epoxide rings is 1. The lowest BCUT2D eigenvalue weighted by Gasteiger charge is -2.41. The van der Waals surface area contributed by atoms with Gasteiger partial charge in [-0.2, -0.15) is 0 Å². The van der Waals surface area contributed by atoms with Crippen LogP contribution in [-0.4, -0.2) is 16.9 Å². The Balaban J connectivity index is 1.72. The Morgan fingerprint density at radius 1 is 0.806 bits per heavy atom. The molecule has 0 aromatic heterocycles. The first-order chi connectivity index (χ1) is 17.2. The third-order valence-corrected chi connectivity index (χ3v) is 14.3. The van der Waals surface area contributed by atoms with Gasteiger partial charge in [-0.3, -0.25) is 0 Å². The van der Waals surface area contributed by atoms with Gasteiger partial charge in [0.1, 0.15) is 18.3 Å². The maximum absolute atomic E-state index is 15.8. The van der Waals surface area contributed by atoms with E-state index in [4.69, 9.17) is 4.74 Å². The molecule has 2 unspecified atom stereocenters. The molecule has 1 aliphatic heterocycles. The second-order valence-corrected chi connectivity index (χ2v) is 16.5. The van der Waals surface area contributed by atoms with E-state index >= 15 is 4.57 Å². The summed E-state index contributed by atoms with van der Waals surface area (Å²) in [5.74, 6) is 1.16. The molecule has 1 aromatic rings. The predicted octanol–water partition coefficient (Wildman–Crippen LogP) is 9.14. The topological polar surface area (TPSA) is 29.6 Å². The molecule has 0 bridgehead atoms. The number of ether oxygens (including phenoxy) is 1. The zero-order valence-electron chi connectivity index (χ0n) is 23.7. The maximum Gasteiger partial charge on any atom is 0.150 e. The van der Waals surface area contributed by atoms with Crippen molar-refractivity contribution in [3.63, 3.8) is 0 Å². The molecular weight excluding hydrogens is 459 g/mol. The van der Waals surface area contributed by atoms with Gasteiger partial charge in [-0.25, -0.2) is 0 Å². The molecule has 5 rings (SSSR count). The minimum atomic E-state index is -2.62. The summed E-state index contributed by atoms with van der Waals surface area (Å²) in [6, 6.07) is 8.89. The number of hydrogen-bond acceptors (Lipinski definition) is 2. The normalized spacial score (nSPS) is 29.9. The summed E-state index contributed by atoms with van der Waals surface area (Å²) in [6.07, 6.45) is 17.0. The molecule has 36 heavy (non-hydrogen) atoms. The van der Waals surface area contributed by atoms with E-state index in [-0.39, 0.29) is 5.60 Å². The van der Waals surface area contributed by atoms with E-state index in [2.05, 4.69) is 78.0 Å². The number of hydrogen-bond donors (Lipinski definition) is 0. The Hall–Kier alpha value is -1.11. The number of benzene rings is 1. The lowest BCUT2D eigenvalue weighted by molar-refractivity contribution is 0.263. The molecule has 4 aliphatic rings. The second kappa shape index (κ2) is 9.89. The zero-order chi connectivity index (χ0) is 25.7. The van der Waals surface area contributed by atoms with Crippen molar-refractivity contribution < 1.29 is 9.30 Å². The number of rotatable bonds is 7. The van der Waals surface area contributed by atoms with Crippen LogP contribution in [0, 0.1) is 17.8 Å². The van der Waals surface area contributed by atoms with Crippen molar-refractivity contribution in [1.82, 2.24) is 0 Å². The van der Waals surface area contributed by atoms with Crippen LogP contribution in [-0.2, 0) is 14.9 Å². The van der Waals surface area contributed by atoms with E-state index in [0.29, 0.717) is 29.1 Å². The van der Waals surface area contributed by atoms with Crippen LogP contribution >= 0.6 is 7.14 Å². The minimum Gasteiger partial charge on any atom is -0.348 e. The van der Waals surface area contributed by atoms with Gasteiger partial charge in [-0.15, -0.1) is 0 Å². The molecule has 1 aromatic carbocycles. The molecule has 198 valence electrons. The molecule has 3 aliphatic carbocycles. The minimum absolute atomic E-state index is 0.338. The summed E-state index contributed by atoms with van der Waals surface area (Å²) in [5, 5.41) is 1.18. The lowest BCUT2D eigenvalue weighted by Crippen LogP contribution is -2.39. The van der Waals surface area contributed by atoms with Gasteiger partial charge < -0.3 is 9.30 Å². The first-order valence-corrected chi connectivity index (χ1v) is 16.9. The van der Waals surface area contributed by atoms with Crippen LogP contribution in [0.2, 0.25) is 0 Å². The smallest absolute Gasteiger partial charge is 0.150 e. The molecule has 0 amide bonds. The van der Waals surface area contributed by atoms with Crippen molar-refractivity contribution in [3.05, 3.63) is 53.1 Å². The first-order valence-electron chi connectivity index (χ1n) is 15.0. The molecule has 2 saturated carbocycles. The molecule has 1 saturated heterocycles. The molecule has 2 atom stereocenters. The quantitative estimate of drug-likeness (QED) is 0.271. The molecular formula is C33H49O2P. The molecule has 3 fully saturated rings. The SMILES string of the molecule is CC(C)C1=CC2(C(C)C)OC2(c2ccccc2P(=O)(C2CCCCC2)C2CCCCC2)C(C(C)C)=C1. The van der Waals surface area contributed by atoms with E-state index in [1.165, 1.54) is 60.5 Å². The van der Waals surface area contributed by atoms with Gasteiger partial charge in [-0.05, 0) is 60.7 Å². The lowest BCUT2D eigenvalue weighted by atomic mass is 9.67. The van der Waals surface area contributed by atoms with Crippen LogP contribution in [0.4, 0.5) is 0 Å². The Morgan fingerprint density at radius 2 is 1.36 bits per heavy atom. The Kier molecular flexibility index (Phi) is 7.28. The molecule has 0 spiro atoms. The van der Waals surface area contributed by atoms with Gasteiger partial charge in [-0.1, -0.05) is 110 Å². The highest BCUT2D eigenvalue weighted by Gasteiger charge is 2.75. The monoisotopic (exact) mass is 508 g/mol. The standard InChI is InChI=1S/C33H49O2P/c1-23(2)26-21-30(24(3)4)33(32(22-26,35-33)25(5)6)29-19-13-14-20-31(29)36(34,27-15-9-7-10-16-27)28-17-11-8-12-18-28/h13-14,19-25,27-28H,7-12,15-18H2,1-6H3. The third-order valence-electron chi connectivity index (χ3n) is 9.98. The van der Waals surface area contributed by atoms with Crippen molar-refractivity contribution >= 4 is 12.4 Å². The summed E-state index contributed by atoms with van der Waals surface area (Å²) in [4.78, 5) is 0. The Bertz CT molecular complexity index is 1040. The Labute approximate surface area is 220 Å². The van der Waals surface area contributed by atoms with Gasteiger partial charge >= 0.3 is 0 Å². The summed E-state index contributed by atoms with van der Waals surface area (Å²) < 4.78 is 22.9. The van der Waals surface area contributed by atoms with Gasteiger partial charge in [0.2, 0.25) is 0 Å². The van der Waals surface area contributed by atoms with Crippen LogP contribution in [0.25, 0.3) is 0 Å². The number of fused-ring (bicyclic) bond motifs is 1. The summed E-state index contributed by atoms with van der Waals surface area (Å²) in [6.45, 7) is 13.8. The summed E-state index contributed by atoms with van der Waals surface area (Å²) in [5.41, 5.74) is 3.86. The van der Waals surface area contributed by atoms with Gasteiger partial charge in [0.05, 0.1) is 0 Å². The highest BCUT2D eigenvalue weighted by atomic mass is 31.2. The molecule has 1 heterocycles. The average Bonchev–Trinajstić information content (AvgIpc) is 3.60. The molecule has 3 heteroatoms. The molecule has 0 radical (unpaired) electrons. The fraction of sp³-hybridized carbons (Fsp3) is 0.697. The van der Waals surface area contributed by atoms with Crippen LogP contribution in [0.3, 0.4) is 0 Å². The van der Waals surface area contributed by atoms with Gasteiger partial charge in [0.25, 0.3) is 0 Å². The van der Waals surface area contributed by atoms with Crippen LogP contribution < -0.4 is 5.30 Å². The maximum atomic E-state index is 15.8. The van der Waals surface area contributed by atoms with E-state index in [1.807, 2.05) is 0 Å². The summed E-state index contributed by atoms with van der Waals surface area (Å²) in [7, 11) is -2.62. The van der Waals surface area contributed by atoms with E-state index in [1.54, 1.807) is 0 Å². The van der Waals surface area contributed by atoms with Gasteiger partial charge in [0.15, 0.2) is 0 Å². The van der Waals surface area contributed by atoms with E-state index < -0.39 is 12.7 Å². The second-order valence-electron chi connectivity index (χ2n) is 13.1. The van der Waals surface area contributed by atoms with Crippen LogP contribution in [0.5, 0.6) is 0 Å². The van der Waals surface area contributed by atoms with Crippen molar-refractivity contribution in [1.29, 1.82) is 0 Å². The van der Waals surface area contributed by atoms with Crippen molar-refractivity contribution in [2.75, 3.05) is 0 Å². The van der Waals surface area contributed by atoms with E-state index in [0.717, 1.165) is 25.7 Å². The fourth-order valence-electron chi connectivity index (χ4n) is 7.93. The predicted molar refractivity (Wildman–Crippen MR) is 154 cm³/mol. The number of allylic oxidation sites excluding steroid dienone is 2.